The minimum absolute atomic E-state index is 0.268. The Bertz CT molecular complexity index is 258. The number of nitrogens with zero attached hydrogens (tertiary/aromatic N) is 1. The van der Waals surface area contributed by atoms with E-state index in [2.05, 4.69) is 5.32 Å². The van der Waals surface area contributed by atoms with Gasteiger partial charge >= 0.3 is 0 Å². The molecule has 0 aromatic heterocycles. The van der Waals surface area contributed by atoms with E-state index in [0.29, 0.717) is 12.6 Å². The molecule has 1 saturated carbocycles. The second-order valence-corrected chi connectivity index (χ2v) is 5.08. The lowest BCUT2D eigenvalue weighted by Gasteiger charge is -2.32. The topological polar surface area (TPSA) is 41.6 Å². The molecule has 0 aromatic carbocycles. The maximum absolute atomic E-state index is 12.5. The number of carbonyl (C=O) groups is 1. The normalized spacial score (nSPS) is 29.4. The fourth-order valence-corrected chi connectivity index (χ4v) is 2.42. The molecule has 2 rings (SSSR count). The molecule has 2 fully saturated rings. The van der Waals surface area contributed by atoms with Crippen LogP contribution in [0.5, 0.6) is 0 Å². The van der Waals surface area contributed by atoms with Gasteiger partial charge in [-0.1, -0.05) is 0 Å². The Balaban J connectivity index is 1.98. The molecular formula is C12H22N2O2. The SMILES string of the molecule is COCCN(C(=O)C1(C)CCCN1)C1CC1. The highest BCUT2D eigenvalue weighted by molar-refractivity contribution is 5.86. The first-order chi connectivity index (χ1) is 7.67. The van der Waals surface area contributed by atoms with Gasteiger partial charge in [-0.25, -0.2) is 0 Å². The lowest BCUT2D eigenvalue weighted by molar-refractivity contribution is -0.138. The molecule has 16 heavy (non-hydrogen) atoms. The molecule has 4 nitrogen and oxygen atoms in total. The largest absolute Gasteiger partial charge is 0.383 e. The van der Waals surface area contributed by atoms with Crippen LogP contribution < -0.4 is 5.32 Å². The highest BCUT2D eigenvalue weighted by Crippen LogP contribution is 2.31. The fraction of sp³-hybridized carbons (Fsp3) is 0.917. The van der Waals surface area contributed by atoms with E-state index in [-0.39, 0.29) is 11.4 Å². The number of ether oxygens (including phenoxy) is 1. The number of rotatable bonds is 5. The predicted molar refractivity (Wildman–Crippen MR) is 62.3 cm³/mol. The van der Waals surface area contributed by atoms with E-state index in [9.17, 15) is 4.79 Å². The minimum Gasteiger partial charge on any atom is -0.383 e. The molecule has 1 heterocycles. The Labute approximate surface area is 97.3 Å². The summed E-state index contributed by atoms with van der Waals surface area (Å²) in [6.07, 6.45) is 4.38. The summed E-state index contributed by atoms with van der Waals surface area (Å²) < 4.78 is 5.08. The first-order valence-corrected chi connectivity index (χ1v) is 6.22. The smallest absolute Gasteiger partial charge is 0.242 e. The van der Waals surface area contributed by atoms with Gasteiger partial charge in [-0.15, -0.1) is 0 Å². The van der Waals surface area contributed by atoms with Crippen molar-refractivity contribution in [3.05, 3.63) is 0 Å². The monoisotopic (exact) mass is 226 g/mol. The van der Waals surface area contributed by atoms with Gasteiger partial charge in [0.1, 0.15) is 0 Å². The maximum atomic E-state index is 12.5. The van der Waals surface area contributed by atoms with Crippen LogP contribution in [0.3, 0.4) is 0 Å². The van der Waals surface area contributed by atoms with Gasteiger partial charge in [0, 0.05) is 19.7 Å². The average molecular weight is 226 g/mol. The summed E-state index contributed by atoms with van der Waals surface area (Å²) in [5.74, 6) is 0.268. The van der Waals surface area contributed by atoms with E-state index in [1.807, 2.05) is 11.8 Å². The highest BCUT2D eigenvalue weighted by atomic mass is 16.5. The zero-order valence-corrected chi connectivity index (χ0v) is 10.3. The fourth-order valence-electron chi connectivity index (χ4n) is 2.42. The molecule has 1 amide bonds. The van der Waals surface area contributed by atoms with E-state index in [1.165, 1.54) is 0 Å². The third kappa shape index (κ3) is 2.38. The van der Waals surface area contributed by atoms with Crippen LogP contribution in [0.2, 0.25) is 0 Å². The number of hydrogen-bond acceptors (Lipinski definition) is 3. The van der Waals surface area contributed by atoms with Crippen molar-refractivity contribution in [1.29, 1.82) is 0 Å². The van der Waals surface area contributed by atoms with Crippen LogP contribution in [0, 0.1) is 0 Å². The van der Waals surface area contributed by atoms with Gasteiger partial charge in [0.2, 0.25) is 5.91 Å². The molecule has 92 valence electrons. The summed E-state index contributed by atoms with van der Waals surface area (Å²) in [5.41, 5.74) is -0.323. The van der Waals surface area contributed by atoms with Crippen molar-refractivity contribution in [2.75, 3.05) is 26.8 Å². The molecule has 0 aromatic rings. The molecule has 1 aliphatic carbocycles. The quantitative estimate of drug-likeness (QED) is 0.752. The first kappa shape index (κ1) is 11.9. The van der Waals surface area contributed by atoms with E-state index in [1.54, 1.807) is 7.11 Å². The van der Waals surface area contributed by atoms with E-state index >= 15 is 0 Å². The first-order valence-electron chi connectivity index (χ1n) is 6.22. The second-order valence-electron chi connectivity index (χ2n) is 5.08. The molecule has 0 radical (unpaired) electrons. The van der Waals surface area contributed by atoms with E-state index < -0.39 is 0 Å². The van der Waals surface area contributed by atoms with Gasteiger partial charge < -0.3 is 15.0 Å². The molecule has 0 bridgehead atoms. The zero-order chi connectivity index (χ0) is 11.6. The number of nitrogens with one attached hydrogen (secondary N) is 1. The Kier molecular flexibility index (Phi) is 3.50. The lowest BCUT2D eigenvalue weighted by atomic mass is 9.98. The summed E-state index contributed by atoms with van der Waals surface area (Å²) in [5, 5.41) is 3.34. The Morgan fingerprint density at radius 1 is 1.56 bits per heavy atom. The van der Waals surface area contributed by atoms with Crippen molar-refractivity contribution < 1.29 is 9.53 Å². The van der Waals surface area contributed by atoms with Crippen molar-refractivity contribution >= 4 is 5.91 Å². The molecular weight excluding hydrogens is 204 g/mol. The lowest BCUT2D eigenvalue weighted by Crippen LogP contribution is -2.54. The summed E-state index contributed by atoms with van der Waals surface area (Å²) in [4.78, 5) is 14.5. The van der Waals surface area contributed by atoms with Crippen molar-refractivity contribution in [1.82, 2.24) is 10.2 Å². The van der Waals surface area contributed by atoms with Gasteiger partial charge in [-0.3, -0.25) is 4.79 Å². The van der Waals surface area contributed by atoms with E-state index in [4.69, 9.17) is 4.74 Å². The third-order valence-corrected chi connectivity index (χ3v) is 3.63. The van der Waals surface area contributed by atoms with Gasteiger partial charge in [0.25, 0.3) is 0 Å². The molecule has 1 atom stereocenters. The van der Waals surface area contributed by atoms with Crippen molar-refractivity contribution in [2.45, 2.75) is 44.2 Å². The van der Waals surface area contributed by atoms with Crippen LogP contribution in [0.15, 0.2) is 0 Å². The Morgan fingerprint density at radius 3 is 2.81 bits per heavy atom. The molecule has 0 spiro atoms. The van der Waals surface area contributed by atoms with Gasteiger partial charge in [0.05, 0.1) is 12.1 Å². The zero-order valence-electron chi connectivity index (χ0n) is 10.3. The summed E-state index contributed by atoms with van der Waals surface area (Å²) in [7, 11) is 1.69. The number of methoxy groups -OCH3 is 1. The highest BCUT2D eigenvalue weighted by Gasteiger charge is 2.43. The molecule has 1 aliphatic heterocycles. The summed E-state index contributed by atoms with van der Waals surface area (Å²) in [6, 6.07) is 0.474. The molecule has 4 heteroatoms. The van der Waals surface area contributed by atoms with Gasteiger partial charge in [0.15, 0.2) is 0 Å². The van der Waals surface area contributed by atoms with Gasteiger partial charge in [-0.05, 0) is 39.2 Å². The second kappa shape index (κ2) is 4.72. The van der Waals surface area contributed by atoms with E-state index in [0.717, 1.165) is 38.8 Å². The minimum atomic E-state index is -0.323. The number of hydrogen-bond donors (Lipinski definition) is 1. The van der Waals surface area contributed by atoms with Crippen molar-refractivity contribution in [3.63, 3.8) is 0 Å². The maximum Gasteiger partial charge on any atom is 0.242 e. The molecule has 1 saturated heterocycles. The standard InChI is InChI=1S/C12H22N2O2/c1-12(6-3-7-13-12)11(15)14(8-9-16-2)10-4-5-10/h10,13H,3-9H2,1-2H3. The number of amides is 1. The Hall–Kier alpha value is -0.610. The predicted octanol–water partition coefficient (Wildman–Crippen LogP) is 0.766. The Morgan fingerprint density at radius 2 is 2.31 bits per heavy atom. The van der Waals surface area contributed by atoms with Crippen LogP contribution in [-0.2, 0) is 9.53 Å². The molecule has 2 aliphatic rings. The van der Waals surface area contributed by atoms with Gasteiger partial charge in [-0.2, -0.15) is 0 Å². The van der Waals surface area contributed by atoms with Crippen molar-refractivity contribution in [2.24, 2.45) is 0 Å². The van der Waals surface area contributed by atoms with Crippen LogP contribution in [-0.4, -0.2) is 49.2 Å². The summed E-state index contributed by atoms with van der Waals surface area (Å²) in [6.45, 7) is 4.37. The van der Waals surface area contributed by atoms with Crippen LogP contribution >= 0.6 is 0 Å². The van der Waals surface area contributed by atoms with Crippen LogP contribution in [0.1, 0.15) is 32.6 Å². The molecule has 1 unspecified atom stereocenters. The van der Waals surface area contributed by atoms with Crippen LogP contribution in [0.25, 0.3) is 0 Å². The van der Waals surface area contributed by atoms with Crippen LogP contribution in [0.4, 0.5) is 0 Å². The van der Waals surface area contributed by atoms with Crippen molar-refractivity contribution in [3.8, 4) is 0 Å². The average Bonchev–Trinajstić information content (AvgIpc) is 3.01. The third-order valence-electron chi connectivity index (χ3n) is 3.63. The number of carbonyl (C=O) groups excluding carboxylic acids is 1. The summed E-state index contributed by atoms with van der Waals surface area (Å²) >= 11 is 0. The molecule has 1 N–H and O–H groups in total.